The highest BCUT2D eigenvalue weighted by Crippen LogP contribution is 2.11. The van der Waals surface area contributed by atoms with Gasteiger partial charge < -0.3 is 0 Å². The normalized spacial score (nSPS) is 10.1. The monoisotopic (exact) mass is 230 g/mol. The molecule has 1 heterocycles. The average molecular weight is 230 g/mol. The van der Waals surface area contributed by atoms with E-state index in [4.69, 9.17) is 0 Å². The number of imidazole rings is 1. The van der Waals surface area contributed by atoms with Crippen LogP contribution in [0.1, 0.15) is 5.56 Å². The molecule has 0 aliphatic carbocycles. The Morgan fingerprint density at radius 3 is 2.65 bits per heavy atom. The lowest BCUT2D eigenvalue weighted by atomic mass is 10.2. The van der Waals surface area contributed by atoms with E-state index in [1.807, 2.05) is 27.9 Å². The summed E-state index contributed by atoms with van der Waals surface area (Å²) in [5.41, 5.74) is 1.13. The molecule has 0 fully saturated rings. The summed E-state index contributed by atoms with van der Waals surface area (Å²) in [7, 11) is 0. The van der Waals surface area contributed by atoms with E-state index in [1.165, 1.54) is 12.1 Å². The first kappa shape index (κ1) is 11.1. The fraction of sp³-hybridized carbons (Fsp3) is 0.0833. The zero-order valence-corrected chi connectivity index (χ0v) is 9.19. The molecule has 0 aliphatic heterocycles. The van der Waals surface area contributed by atoms with Gasteiger partial charge >= 0.3 is 0 Å². The van der Waals surface area contributed by atoms with Gasteiger partial charge in [-0.25, -0.2) is 9.13 Å². The minimum atomic E-state index is -0.398. The van der Waals surface area contributed by atoms with Gasteiger partial charge in [0.05, 0.1) is 11.1 Å². The number of nitro groups is 1. The van der Waals surface area contributed by atoms with Crippen LogP contribution in [0.3, 0.4) is 0 Å². The minimum Gasteiger partial charge on any atom is -0.258 e. The molecular formula is C12H12N3O2+. The van der Waals surface area contributed by atoms with Crippen LogP contribution in [0.15, 0.2) is 49.6 Å². The summed E-state index contributed by atoms with van der Waals surface area (Å²) in [6.07, 6.45) is 7.40. The molecule has 0 saturated heterocycles. The van der Waals surface area contributed by atoms with Gasteiger partial charge in [-0.05, 0) is 17.7 Å². The molecule has 2 aromatic rings. The molecule has 1 aromatic carbocycles. The predicted octanol–water partition coefficient (Wildman–Crippen LogP) is 1.83. The van der Waals surface area contributed by atoms with Crippen LogP contribution in [-0.4, -0.2) is 9.49 Å². The van der Waals surface area contributed by atoms with E-state index in [9.17, 15) is 10.1 Å². The molecular weight excluding hydrogens is 218 g/mol. The molecule has 2 rings (SSSR count). The zero-order chi connectivity index (χ0) is 12.3. The molecule has 0 bridgehead atoms. The molecule has 86 valence electrons. The van der Waals surface area contributed by atoms with E-state index in [1.54, 1.807) is 18.3 Å². The third kappa shape index (κ3) is 2.57. The first-order valence-corrected chi connectivity index (χ1v) is 5.11. The van der Waals surface area contributed by atoms with Crippen LogP contribution in [-0.2, 0) is 6.54 Å². The Bertz CT molecular complexity index is 543. The van der Waals surface area contributed by atoms with E-state index in [0.29, 0.717) is 6.54 Å². The van der Waals surface area contributed by atoms with Gasteiger partial charge in [-0.3, -0.25) is 10.1 Å². The average Bonchev–Trinajstić information content (AvgIpc) is 2.77. The highest BCUT2D eigenvalue weighted by atomic mass is 16.6. The van der Waals surface area contributed by atoms with Crippen molar-refractivity contribution < 1.29 is 9.49 Å². The minimum absolute atomic E-state index is 0.113. The summed E-state index contributed by atoms with van der Waals surface area (Å²) in [6.45, 7) is 4.34. The highest BCUT2D eigenvalue weighted by Gasteiger charge is 2.06. The smallest absolute Gasteiger partial charge is 0.258 e. The number of nitrogens with zero attached hydrogens (tertiary/aromatic N) is 3. The third-order valence-corrected chi connectivity index (χ3v) is 2.44. The number of hydrogen-bond acceptors (Lipinski definition) is 2. The quantitative estimate of drug-likeness (QED) is 0.457. The largest absolute Gasteiger partial charge is 0.269 e. The second-order valence-electron chi connectivity index (χ2n) is 3.64. The van der Waals surface area contributed by atoms with Gasteiger partial charge in [-0.1, -0.05) is 6.58 Å². The Morgan fingerprint density at radius 1 is 1.41 bits per heavy atom. The van der Waals surface area contributed by atoms with E-state index >= 15 is 0 Å². The zero-order valence-electron chi connectivity index (χ0n) is 9.19. The van der Waals surface area contributed by atoms with Crippen LogP contribution in [0.25, 0.3) is 6.20 Å². The summed E-state index contributed by atoms with van der Waals surface area (Å²) in [4.78, 5) is 10.1. The molecule has 0 amide bonds. The second-order valence-corrected chi connectivity index (χ2v) is 3.64. The van der Waals surface area contributed by atoms with E-state index in [-0.39, 0.29) is 5.69 Å². The number of aromatic nitrogens is 2. The lowest BCUT2D eigenvalue weighted by molar-refractivity contribution is -0.687. The lowest BCUT2D eigenvalue weighted by Crippen LogP contribution is -2.31. The van der Waals surface area contributed by atoms with Gasteiger partial charge in [0.1, 0.15) is 18.9 Å². The maximum absolute atomic E-state index is 10.5. The van der Waals surface area contributed by atoms with Crippen molar-refractivity contribution in [2.45, 2.75) is 6.54 Å². The van der Waals surface area contributed by atoms with Gasteiger partial charge in [0.15, 0.2) is 0 Å². The molecule has 0 radical (unpaired) electrons. The number of nitro benzene ring substituents is 1. The van der Waals surface area contributed by atoms with Gasteiger partial charge in [0.25, 0.3) is 5.69 Å². The van der Waals surface area contributed by atoms with Crippen LogP contribution >= 0.6 is 0 Å². The molecule has 0 unspecified atom stereocenters. The maximum Gasteiger partial charge on any atom is 0.269 e. The van der Waals surface area contributed by atoms with Crippen molar-refractivity contribution >= 4 is 11.9 Å². The molecule has 1 aromatic heterocycles. The van der Waals surface area contributed by atoms with Crippen molar-refractivity contribution in [3.8, 4) is 0 Å². The van der Waals surface area contributed by atoms with Gasteiger partial charge in [0, 0.05) is 12.1 Å². The molecule has 5 nitrogen and oxygen atoms in total. The number of non-ortho nitro benzene ring substituents is 1. The van der Waals surface area contributed by atoms with Crippen molar-refractivity contribution in [1.29, 1.82) is 0 Å². The second kappa shape index (κ2) is 4.61. The summed E-state index contributed by atoms with van der Waals surface area (Å²) in [5, 5.41) is 10.5. The van der Waals surface area contributed by atoms with E-state index < -0.39 is 4.92 Å². The number of rotatable bonds is 4. The summed E-state index contributed by atoms with van der Waals surface area (Å²) >= 11 is 0. The SMILES string of the molecule is C=Cn1cc[n+](Cc2ccc([N+](=O)[O-])cc2)c1. The van der Waals surface area contributed by atoms with Crippen molar-refractivity contribution in [3.63, 3.8) is 0 Å². The maximum atomic E-state index is 10.5. The van der Waals surface area contributed by atoms with Gasteiger partial charge in [-0.2, -0.15) is 0 Å². The highest BCUT2D eigenvalue weighted by molar-refractivity contribution is 5.32. The van der Waals surface area contributed by atoms with E-state index in [0.717, 1.165) is 5.56 Å². The number of benzene rings is 1. The van der Waals surface area contributed by atoms with Crippen LogP contribution in [0.5, 0.6) is 0 Å². The molecule has 0 spiro atoms. The third-order valence-electron chi connectivity index (χ3n) is 2.44. The van der Waals surface area contributed by atoms with Crippen LogP contribution in [0.2, 0.25) is 0 Å². The Kier molecular flexibility index (Phi) is 3.00. The van der Waals surface area contributed by atoms with Crippen molar-refractivity contribution in [3.05, 3.63) is 65.2 Å². The van der Waals surface area contributed by atoms with Gasteiger partial charge in [0.2, 0.25) is 6.33 Å². The first-order chi connectivity index (χ1) is 8.19. The fourth-order valence-electron chi connectivity index (χ4n) is 1.55. The van der Waals surface area contributed by atoms with Crippen LogP contribution in [0.4, 0.5) is 5.69 Å². The molecule has 0 saturated carbocycles. The molecule has 0 atom stereocenters. The van der Waals surface area contributed by atoms with E-state index in [2.05, 4.69) is 6.58 Å². The Morgan fingerprint density at radius 2 is 2.12 bits per heavy atom. The summed E-state index contributed by atoms with van der Waals surface area (Å²) in [5.74, 6) is 0. The van der Waals surface area contributed by atoms with Crippen molar-refractivity contribution in [1.82, 2.24) is 4.57 Å². The molecule has 0 N–H and O–H groups in total. The van der Waals surface area contributed by atoms with Crippen LogP contribution in [0, 0.1) is 10.1 Å². The standard InChI is InChI=1S/C12H12N3O2/c1-2-13-7-8-14(10-13)9-11-3-5-12(6-4-11)15(16)17/h2-8,10H,1,9H2/q+1. The molecule has 0 aliphatic rings. The predicted molar refractivity (Wildman–Crippen MR) is 63.2 cm³/mol. The van der Waals surface area contributed by atoms with Crippen molar-refractivity contribution in [2.75, 3.05) is 0 Å². The fourth-order valence-corrected chi connectivity index (χ4v) is 1.55. The molecule has 5 heteroatoms. The Labute approximate surface area is 98.4 Å². The van der Waals surface area contributed by atoms with Crippen molar-refractivity contribution in [2.24, 2.45) is 0 Å². The Hall–Kier alpha value is -2.43. The Balaban J connectivity index is 2.13. The number of hydrogen-bond donors (Lipinski definition) is 0. The molecule has 17 heavy (non-hydrogen) atoms. The topological polar surface area (TPSA) is 52.0 Å². The summed E-state index contributed by atoms with van der Waals surface area (Å²) in [6, 6.07) is 6.55. The lowest BCUT2D eigenvalue weighted by Gasteiger charge is -1.97. The first-order valence-electron chi connectivity index (χ1n) is 5.11. The van der Waals surface area contributed by atoms with Gasteiger partial charge in [-0.15, -0.1) is 0 Å². The van der Waals surface area contributed by atoms with Crippen LogP contribution < -0.4 is 4.57 Å². The summed E-state index contributed by atoms with van der Waals surface area (Å²) < 4.78 is 3.81.